The summed E-state index contributed by atoms with van der Waals surface area (Å²) in [5.41, 5.74) is 1.26. The molecule has 1 saturated heterocycles. The van der Waals surface area contributed by atoms with Crippen molar-refractivity contribution in [2.75, 3.05) is 32.8 Å². The molecule has 1 aromatic carbocycles. The molecular formula is C17H26N2O3. The second-order valence-corrected chi connectivity index (χ2v) is 6.19. The summed E-state index contributed by atoms with van der Waals surface area (Å²) in [5, 5.41) is 12.9. The third kappa shape index (κ3) is 4.21. The number of morpholine rings is 1. The number of phenols is 1. The fraction of sp³-hybridized carbons (Fsp3) is 0.588. The lowest BCUT2D eigenvalue weighted by atomic mass is 10.0. The number of hydrogen-bond donors (Lipinski definition) is 2. The van der Waals surface area contributed by atoms with Gasteiger partial charge in [0, 0.05) is 25.7 Å². The number of amides is 1. The number of ether oxygens (including phenoxy) is 1. The largest absolute Gasteiger partial charge is 0.507 e. The molecule has 0 saturated carbocycles. The predicted octanol–water partition coefficient (Wildman–Crippen LogP) is 1.79. The molecule has 1 unspecified atom stereocenters. The van der Waals surface area contributed by atoms with Gasteiger partial charge in [0.1, 0.15) is 5.75 Å². The normalized spacial score (nSPS) is 17.5. The van der Waals surface area contributed by atoms with Gasteiger partial charge in [-0.1, -0.05) is 19.9 Å². The lowest BCUT2D eigenvalue weighted by Gasteiger charge is -2.36. The van der Waals surface area contributed by atoms with E-state index in [1.807, 2.05) is 13.0 Å². The zero-order valence-corrected chi connectivity index (χ0v) is 13.6. The Morgan fingerprint density at radius 1 is 1.36 bits per heavy atom. The lowest BCUT2D eigenvalue weighted by molar-refractivity contribution is 0.00672. The molecule has 0 spiro atoms. The number of rotatable bonds is 5. The molecule has 0 radical (unpaired) electrons. The van der Waals surface area contributed by atoms with Crippen molar-refractivity contribution < 1.29 is 14.6 Å². The summed E-state index contributed by atoms with van der Waals surface area (Å²) >= 11 is 0. The fourth-order valence-electron chi connectivity index (χ4n) is 2.82. The van der Waals surface area contributed by atoms with Gasteiger partial charge < -0.3 is 15.2 Å². The Morgan fingerprint density at radius 2 is 2.05 bits per heavy atom. The fourth-order valence-corrected chi connectivity index (χ4v) is 2.82. The van der Waals surface area contributed by atoms with E-state index >= 15 is 0 Å². The molecule has 0 aromatic heterocycles. The van der Waals surface area contributed by atoms with E-state index in [-0.39, 0.29) is 17.7 Å². The SMILES string of the molecule is Cc1ccc(C(=O)NCC(C(C)C)N2CCOCC2)c(O)c1. The first-order valence-corrected chi connectivity index (χ1v) is 7.88. The van der Waals surface area contributed by atoms with Crippen LogP contribution < -0.4 is 5.32 Å². The monoisotopic (exact) mass is 306 g/mol. The number of hydrogen-bond acceptors (Lipinski definition) is 4. The van der Waals surface area contributed by atoms with E-state index in [9.17, 15) is 9.90 Å². The van der Waals surface area contributed by atoms with Crippen LogP contribution in [-0.4, -0.2) is 54.8 Å². The van der Waals surface area contributed by atoms with Crippen molar-refractivity contribution in [3.05, 3.63) is 29.3 Å². The van der Waals surface area contributed by atoms with Crippen LogP contribution in [-0.2, 0) is 4.74 Å². The van der Waals surface area contributed by atoms with Gasteiger partial charge in [-0.25, -0.2) is 0 Å². The Morgan fingerprint density at radius 3 is 2.64 bits per heavy atom. The molecule has 0 aliphatic carbocycles. The quantitative estimate of drug-likeness (QED) is 0.870. The molecule has 22 heavy (non-hydrogen) atoms. The summed E-state index contributed by atoms with van der Waals surface area (Å²) in [6.07, 6.45) is 0. The smallest absolute Gasteiger partial charge is 0.255 e. The van der Waals surface area contributed by atoms with E-state index in [0.717, 1.165) is 31.9 Å². The topological polar surface area (TPSA) is 61.8 Å². The third-order valence-corrected chi connectivity index (χ3v) is 4.15. The van der Waals surface area contributed by atoms with Gasteiger partial charge in [-0.15, -0.1) is 0 Å². The highest BCUT2D eigenvalue weighted by Crippen LogP contribution is 2.18. The molecule has 0 bridgehead atoms. The first-order valence-electron chi connectivity index (χ1n) is 7.88. The highest BCUT2D eigenvalue weighted by molar-refractivity contribution is 5.96. The van der Waals surface area contributed by atoms with Crippen LogP contribution in [0.25, 0.3) is 0 Å². The van der Waals surface area contributed by atoms with Crippen molar-refractivity contribution in [1.29, 1.82) is 0 Å². The van der Waals surface area contributed by atoms with Gasteiger partial charge in [0.25, 0.3) is 5.91 Å². The van der Waals surface area contributed by atoms with Crippen LogP contribution in [0.15, 0.2) is 18.2 Å². The molecule has 1 heterocycles. The van der Waals surface area contributed by atoms with E-state index in [4.69, 9.17) is 4.74 Å². The second kappa shape index (κ2) is 7.61. The summed E-state index contributed by atoms with van der Waals surface area (Å²) < 4.78 is 5.39. The number of nitrogens with one attached hydrogen (secondary N) is 1. The lowest BCUT2D eigenvalue weighted by Crippen LogP contribution is -2.51. The Hall–Kier alpha value is -1.59. The van der Waals surface area contributed by atoms with Gasteiger partial charge in [-0.05, 0) is 30.5 Å². The van der Waals surface area contributed by atoms with Gasteiger partial charge in [0.2, 0.25) is 0 Å². The van der Waals surface area contributed by atoms with Crippen molar-refractivity contribution in [3.8, 4) is 5.75 Å². The molecule has 122 valence electrons. The van der Waals surface area contributed by atoms with Gasteiger partial charge in [-0.3, -0.25) is 9.69 Å². The molecule has 1 fully saturated rings. The average Bonchev–Trinajstić information content (AvgIpc) is 2.48. The highest BCUT2D eigenvalue weighted by Gasteiger charge is 2.24. The van der Waals surface area contributed by atoms with Gasteiger partial charge >= 0.3 is 0 Å². The van der Waals surface area contributed by atoms with Crippen molar-refractivity contribution in [2.24, 2.45) is 5.92 Å². The number of carbonyl (C=O) groups excluding carboxylic acids is 1. The molecule has 1 amide bonds. The maximum atomic E-state index is 12.3. The molecule has 1 aromatic rings. The van der Waals surface area contributed by atoms with Gasteiger partial charge in [-0.2, -0.15) is 0 Å². The van der Waals surface area contributed by atoms with Gasteiger partial charge in [0.15, 0.2) is 0 Å². The molecule has 1 aliphatic rings. The van der Waals surface area contributed by atoms with E-state index in [0.29, 0.717) is 18.0 Å². The van der Waals surface area contributed by atoms with E-state index in [2.05, 4.69) is 24.1 Å². The maximum absolute atomic E-state index is 12.3. The standard InChI is InChI=1S/C17H26N2O3/c1-12(2)15(19-6-8-22-9-7-19)11-18-17(21)14-5-4-13(3)10-16(14)20/h4-5,10,12,15,20H,6-9,11H2,1-3H3,(H,18,21). The van der Waals surface area contributed by atoms with Crippen molar-refractivity contribution in [1.82, 2.24) is 10.2 Å². The minimum absolute atomic E-state index is 0.0324. The van der Waals surface area contributed by atoms with E-state index < -0.39 is 0 Å². The molecule has 1 aliphatic heterocycles. The first kappa shape index (κ1) is 16.8. The van der Waals surface area contributed by atoms with Gasteiger partial charge in [0.05, 0.1) is 18.8 Å². The molecule has 5 heteroatoms. The summed E-state index contributed by atoms with van der Waals surface area (Å²) in [6, 6.07) is 5.38. The van der Waals surface area contributed by atoms with Crippen LogP contribution >= 0.6 is 0 Å². The third-order valence-electron chi connectivity index (χ3n) is 4.15. The minimum Gasteiger partial charge on any atom is -0.507 e. The Bertz CT molecular complexity index is 511. The molecule has 5 nitrogen and oxygen atoms in total. The summed E-state index contributed by atoms with van der Waals surface area (Å²) in [7, 11) is 0. The number of aromatic hydroxyl groups is 1. The highest BCUT2D eigenvalue weighted by atomic mass is 16.5. The van der Waals surface area contributed by atoms with Crippen LogP contribution in [0.3, 0.4) is 0 Å². The number of aryl methyl sites for hydroxylation is 1. The Kier molecular flexibility index (Phi) is 5.80. The van der Waals surface area contributed by atoms with Crippen molar-refractivity contribution >= 4 is 5.91 Å². The van der Waals surface area contributed by atoms with Crippen LogP contribution in [0.4, 0.5) is 0 Å². The van der Waals surface area contributed by atoms with Crippen LogP contribution in [0.1, 0.15) is 29.8 Å². The summed E-state index contributed by atoms with van der Waals surface area (Å²) in [4.78, 5) is 14.6. The molecular weight excluding hydrogens is 280 g/mol. The average molecular weight is 306 g/mol. The number of nitrogens with zero attached hydrogens (tertiary/aromatic N) is 1. The number of phenolic OH excluding ortho intramolecular Hbond substituents is 1. The first-order chi connectivity index (χ1) is 10.5. The molecule has 2 rings (SSSR count). The summed E-state index contributed by atoms with van der Waals surface area (Å²) in [5.74, 6) is 0.242. The Labute approximate surface area is 132 Å². The van der Waals surface area contributed by atoms with Crippen molar-refractivity contribution in [3.63, 3.8) is 0 Å². The van der Waals surface area contributed by atoms with Crippen LogP contribution in [0, 0.1) is 12.8 Å². The van der Waals surface area contributed by atoms with Crippen LogP contribution in [0.2, 0.25) is 0 Å². The molecule has 2 N–H and O–H groups in total. The molecule has 1 atom stereocenters. The second-order valence-electron chi connectivity index (χ2n) is 6.19. The predicted molar refractivity (Wildman–Crippen MR) is 86.2 cm³/mol. The Balaban J connectivity index is 1.97. The minimum atomic E-state index is -0.226. The van der Waals surface area contributed by atoms with E-state index in [1.165, 1.54) is 0 Å². The number of carbonyl (C=O) groups is 1. The van der Waals surface area contributed by atoms with Crippen LogP contribution in [0.5, 0.6) is 5.75 Å². The van der Waals surface area contributed by atoms with Crippen molar-refractivity contribution in [2.45, 2.75) is 26.8 Å². The maximum Gasteiger partial charge on any atom is 0.255 e. The van der Waals surface area contributed by atoms with E-state index in [1.54, 1.807) is 12.1 Å². The summed E-state index contributed by atoms with van der Waals surface area (Å²) in [6.45, 7) is 10.1. The zero-order valence-electron chi connectivity index (χ0n) is 13.6. The zero-order chi connectivity index (χ0) is 16.1. The number of benzene rings is 1.